The van der Waals surface area contributed by atoms with Crippen molar-refractivity contribution in [2.45, 2.75) is 76.9 Å². The molecule has 0 spiro atoms. The molecule has 222 valence electrons. The largest absolute Gasteiger partial charge is 0.432 e. The van der Waals surface area contributed by atoms with Crippen LogP contribution >= 0.6 is 0 Å². The molecule has 3 aromatic carbocycles. The zero-order valence-corrected chi connectivity index (χ0v) is 22.3. The van der Waals surface area contributed by atoms with Gasteiger partial charge in [0.2, 0.25) is 0 Å². The Bertz CT molecular complexity index is 1290. The van der Waals surface area contributed by atoms with Gasteiger partial charge in [-0.05, 0) is 79.0 Å². The Morgan fingerprint density at radius 1 is 0.829 bits per heavy atom. The third-order valence-electron chi connectivity index (χ3n) is 7.53. The second kappa shape index (κ2) is 13.1. The second-order valence-corrected chi connectivity index (χ2v) is 10.3. The van der Waals surface area contributed by atoms with Gasteiger partial charge >= 0.3 is 12.7 Å². The minimum atomic E-state index is -4.50. The summed E-state index contributed by atoms with van der Waals surface area (Å²) in [5.41, 5.74) is -1.91. The molecule has 3 aromatic rings. The minimum absolute atomic E-state index is 0.146. The van der Waals surface area contributed by atoms with E-state index in [1.54, 1.807) is 0 Å². The maximum atomic E-state index is 15.2. The van der Waals surface area contributed by atoms with E-state index in [0.717, 1.165) is 56.7 Å². The first-order chi connectivity index (χ1) is 19.5. The van der Waals surface area contributed by atoms with E-state index in [1.807, 2.05) is 0 Å². The molecule has 0 aliphatic heterocycles. The van der Waals surface area contributed by atoms with Crippen LogP contribution in [0.2, 0.25) is 0 Å². The highest BCUT2D eigenvalue weighted by molar-refractivity contribution is 5.71. The van der Waals surface area contributed by atoms with Gasteiger partial charge in [-0.3, -0.25) is 0 Å². The summed E-state index contributed by atoms with van der Waals surface area (Å²) >= 11 is 0. The van der Waals surface area contributed by atoms with E-state index in [1.165, 1.54) is 18.2 Å². The van der Waals surface area contributed by atoms with Crippen LogP contribution in [0.1, 0.15) is 75.3 Å². The van der Waals surface area contributed by atoms with Gasteiger partial charge in [-0.1, -0.05) is 50.8 Å². The fourth-order valence-corrected chi connectivity index (χ4v) is 5.47. The summed E-state index contributed by atoms with van der Waals surface area (Å²) in [7, 11) is 0. The van der Waals surface area contributed by atoms with Crippen LogP contribution < -0.4 is 9.47 Å². The lowest BCUT2D eigenvalue weighted by Crippen LogP contribution is -2.26. The van der Waals surface area contributed by atoms with E-state index in [4.69, 9.17) is 4.74 Å². The Kier molecular flexibility index (Phi) is 9.81. The number of benzene rings is 3. The highest BCUT2D eigenvalue weighted by Crippen LogP contribution is 2.43. The second-order valence-electron chi connectivity index (χ2n) is 10.3. The molecule has 0 atom stereocenters. The van der Waals surface area contributed by atoms with E-state index in [9.17, 15) is 17.6 Å². The van der Waals surface area contributed by atoms with Crippen LogP contribution in [0.5, 0.6) is 11.5 Å². The van der Waals surface area contributed by atoms with Crippen molar-refractivity contribution in [3.63, 3.8) is 0 Å². The Balaban J connectivity index is 1.55. The third-order valence-corrected chi connectivity index (χ3v) is 7.53. The van der Waals surface area contributed by atoms with Gasteiger partial charge in [-0.15, -0.1) is 0 Å². The summed E-state index contributed by atoms with van der Waals surface area (Å²) in [6, 6.07) is 7.81. The molecule has 0 heterocycles. The molecule has 0 saturated heterocycles. The van der Waals surface area contributed by atoms with E-state index in [0.29, 0.717) is 36.5 Å². The molecule has 41 heavy (non-hydrogen) atoms. The Morgan fingerprint density at radius 3 is 2.02 bits per heavy atom. The fraction of sp³-hybridized carbons (Fsp3) is 0.419. The smallest absolute Gasteiger partial charge is 0.429 e. The molecule has 0 unspecified atom stereocenters. The van der Waals surface area contributed by atoms with Crippen molar-refractivity contribution in [1.29, 1.82) is 0 Å². The lowest BCUT2D eigenvalue weighted by atomic mass is 9.77. The number of hydrogen-bond acceptors (Lipinski definition) is 2. The number of ether oxygens (including phenoxy) is 2. The molecule has 1 saturated carbocycles. The minimum Gasteiger partial charge on any atom is -0.429 e. The van der Waals surface area contributed by atoms with Crippen molar-refractivity contribution in [2.24, 2.45) is 5.92 Å². The number of rotatable bonds is 11. The van der Waals surface area contributed by atoms with Gasteiger partial charge in [0, 0.05) is 5.56 Å². The molecule has 2 nitrogen and oxygen atoms in total. The normalized spacial score (nSPS) is 17.6. The van der Waals surface area contributed by atoms with Crippen LogP contribution in [-0.2, 0) is 6.11 Å². The lowest BCUT2D eigenvalue weighted by molar-refractivity contribution is -0.189. The number of halogens is 8. The number of unbranched alkanes of at least 4 members (excludes halogenated alkanes) is 2. The van der Waals surface area contributed by atoms with Crippen molar-refractivity contribution < 1.29 is 44.6 Å². The van der Waals surface area contributed by atoms with E-state index in [-0.39, 0.29) is 17.0 Å². The Hall–Kier alpha value is -3.30. The molecule has 0 radical (unpaired) electrons. The predicted molar refractivity (Wildman–Crippen MR) is 138 cm³/mol. The Morgan fingerprint density at radius 2 is 1.44 bits per heavy atom. The van der Waals surface area contributed by atoms with E-state index in [2.05, 4.69) is 11.7 Å². The molecule has 4 rings (SSSR count). The molecule has 1 aliphatic rings. The van der Waals surface area contributed by atoms with Gasteiger partial charge in [-0.2, -0.15) is 17.6 Å². The van der Waals surface area contributed by atoms with Crippen LogP contribution in [-0.4, -0.2) is 6.61 Å². The van der Waals surface area contributed by atoms with Crippen molar-refractivity contribution in [3.05, 3.63) is 82.9 Å². The SMILES string of the molecule is CCCCC[C@H]1CC[C@H](c2cc(F)c(C(F)(F)Oc3ccccc3-c3cc(F)c(OC(F)F)c(F)c3)c(F)c2)CC1. The third kappa shape index (κ3) is 7.32. The van der Waals surface area contributed by atoms with Crippen molar-refractivity contribution >= 4 is 0 Å². The van der Waals surface area contributed by atoms with Crippen LogP contribution in [0.3, 0.4) is 0 Å². The van der Waals surface area contributed by atoms with E-state index >= 15 is 17.6 Å². The molecular formula is C31H30F8O2. The average Bonchev–Trinajstić information content (AvgIpc) is 2.90. The van der Waals surface area contributed by atoms with Gasteiger partial charge in [0.1, 0.15) is 22.9 Å². The summed E-state index contributed by atoms with van der Waals surface area (Å²) in [6.45, 7) is -1.37. The van der Waals surface area contributed by atoms with E-state index < -0.39 is 53.1 Å². The molecule has 0 N–H and O–H groups in total. The van der Waals surface area contributed by atoms with Crippen LogP contribution in [0, 0.1) is 29.2 Å². The standard InChI is InChI=1S/C31H30F8O2/c1-2-3-4-7-18-10-12-19(13-11-18)20-14-23(32)28(24(33)15-20)31(38,39)41-27-9-6-5-8-22(27)21-16-25(34)29(26(35)17-21)40-30(36)37/h5-6,8-9,14-19,30H,2-4,7,10-13H2,1H3/t18-,19-. The highest BCUT2D eigenvalue weighted by Gasteiger charge is 2.42. The number of alkyl halides is 4. The molecular weight excluding hydrogens is 556 g/mol. The summed E-state index contributed by atoms with van der Waals surface area (Å²) in [5.74, 6) is -7.55. The highest BCUT2D eigenvalue weighted by atomic mass is 19.3. The quantitative estimate of drug-likeness (QED) is 0.164. The number of para-hydroxylation sites is 1. The van der Waals surface area contributed by atoms with Crippen molar-refractivity contribution in [3.8, 4) is 22.6 Å². The topological polar surface area (TPSA) is 18.5 Å². The van der Waals surface area contributed by atoms with Gasteiger partial charge in [0.25, 0.3) is 0 Å². The summed E-state index contributed by atoms with van der Waals surface area (Å²) < 4.78 is 123. The van der Waals surface area contributed by atoms with Crippen molar-refractivity contribution in [1.82, 2.24) is 0 Å². The van der Waals surface area contributed by atoms with Gasteiger partial charge in [0.05, 0.1) is 0 Å². The summed E-state index contributed by atoms with van der Waals surface area (Å²) in [4.78, 5) is 0. The number of hydrogen-bond donors (Lipinski definition) is 0. The van der Waals surface area contributed by atoms with Crippen molar-refractivity contribution in [2.75, 3.05) is 0 Å². The monoisotopic (exact) mass is 586 g/mol. The Labute approximate surface area is 233 Å². The molecule has 1 fully saturated rings. The van der Waals surface area contributed by atoms with Gasteiger partial charge in [0.15, 0.2) is 17.4 Å². The van der Waals surface area contributed by atoms with Gasteiger partial charge in [-0.25, -0.2) is 17.6 Å². The first kappa shape index (κ1) is 30.7. The predicted octanol–water partition coefficient (Wildman–Crippen LogP) is 10.5. The molecule has 1 aliphatic carbocycles. The zero-order valence-electron chi connectivity index (χ0n) is 22.3. The van der Waals surface area contributed by atoms with Crippen LogP contribution in [0.15, 0.2) is 48.5 Å². The average molecular weight is 587 g/mol. The lowest BCUT2D eigenvalue weighted by Gasteiger charge is -2.29. The van der Waals surface area contributed by atoms with Gasteiger partial charge < -0.3 is 9.47 Å². The van der Waals surface area contributed by atoms with Crippen LogP contribution in [0.25, 0.3) is 11.1 Å². The maximum Gasteiger partial charge on any atom is 0.432 e. The first-order valence-electron chi connectivity index (χ1n) is 13.6. The van der Waals surface area contributed by atoms with Crippen LogP contribution in [0.4, 0.5) is 35.1 Å². The fourth-order valence-electron chi connectivity index (χ4n) is 5.47. The maximum absolute atomic E-state index is 15.2. The zero-order chi connectivity index (χ0) is 29.7. The summed E-state index contributed by atoms with van der Waals surface area (Å²) in [6.07, 6.45) is 3.28. The first-order valence-corrected chi connectivity index (χ1v) is 13.6. The summed E-state index contributed by atoms with van der Waals surface area (Å²) in [5, 5.41) is 0. The molecule has 0 amide bonds. The molecule has 0 bridgehead atoms. The molecule has 10 heteroatoms. The molecule has 0 aromatic heterocycles.